The minimum Gasteiger partial charge on any atom is -0.485 e. The third-order valence-electron chi connectivity index (χ3n) is 4.50. The van der Waals surface area contributed by atoms with Gasteiger partial charge in [-0.05, 0) is 36.2 Å². The van der Waals surface area contributed by atoms with Crippen LogP contribution in [0.4, 0.5) is 0 Å². The molecule has 0 fully saturated rings. The number of hydrogen-bond donors (Lipinski definition) is 2. The van der Waals surface area contributed by atoms with E-state index in [1.54, 1.807) is 0 Å². The van der Waals surface area contributed by atoms with Gasteiger partial charge in [-0.2, -0.15) is 0 Å². The van der Waals surface area contributed by atoms with Crippen molar-refractivity contribution in [2.24, 2.45) is 0 Å². The minimum atomic E-state index is -0.612. The monoisotopic (exact) mass is 360 g/mol. The third-order valence-corrected chi connectivity index (χ3v) is 4.50. The van der Waals surface area contributed by atoms with Crippen molar-refractivity contribution in [3.63, 3.8) is 0 Å². The van der Waals surface area contributed by atoms with Crippen molar-refractivity contribution in [1.82, 2.24) is 10.6 Å². The smallest absolute Gasteiger partial charge is 0.264 e. The minimum absolute atomic E-state index is 0. The van der Waals surface area contributed by atoms with Gasteiger partial charge in [0.25, 0.3) is 5.91 Å². The molecule has 0 aromatic heterocycles. The molecular weight excluding hydrogens is 340 g/mol. The Bertz CT molecular complexity index is 753. The van der Waals surface area contributed by atoms with Crippen LogP contribution in [-0.2, 0) is 11.2 Å². The Kier molecular flexibility index (Phi) is 5.46. The highest BCUT2D eigenvalue weighted by Crippen LogP contribution is 2.31. The molecule has 0 spiro atoms. The number of carbonyl (C=O) groups excluding carboxylic acids is 1. The van der Waals surface area contributed by atoms with E-state index in [9.17, 15) is 4.79 Å². The molecule has 2 unspecified atom stereocenters. The van der Waals surface area contributed by atoms with Gasteiger partial charge in [0.15, 0.2) is 11.5 Å². The fourth-order valence-corrected chi connectivity index (χ4v) is 3.24. The van der Waals surface area contributed by atoms with Gasteiger partial charge < -0.3 is 20.1 Å². The zero-order valence-electron chi connectivity index (χ0n) is 13.7. The van der Waals surface area contributed by atoms with Crippen molar-refractivity contribution in [3.8, 4) is 11.5 Å². The van der Waals surface area contributed by atoms with Crippen molar-refractivity contribution >= 4 is 18.3 Å². The molecule has 2 aliphatic rings. The third kappa shape index (κ3) is 3.72. The maximum atomic E-state index is 12.4. The van der Waals surface area contributed by atoms with E-state index >= 15 is 0 Å². The summed E-state index contributed by atoms with van der Waals surface area (Å²) in [5.41, 5.74) is 2.61. The summed E-state index contributed by atoms with van der Waals surface area (Å²) in [5.74, 6) is 1.16. The Morgan fingerprint density at radius 1 is 1.12 bits per heavy atom. The molecule has 0 radical (unpaired) electrons. The van der Waals surface area contributed by atoms with E-state index in [0.717, 1.165) is 13.0 Å². The van der Waals surface area contributed by atoms with Crippen LogP contribution in [0.5, 0.6) is 11.5 Å². The van der Waals surface area contributed by atoms with Gasteiger partial charge in [0.2, 0.25) is 6.10 Å². The number of halogens is 1. The highest BCUT2D eigenvalue weighted by Gasteiger charge is 2.28. The van der Waals surface area contributed by atoms with Crippen molar-refractivity contribution in [2.45, 2.75) is 18.6 Å². The Labute approximate surface area is 153 Å². The van der Waals surface area contributed by atoms with Gasteiger partial charge in [-0.1, -0.05) is 36.4 Å². The second kappa shape index (κ2) is 7.76. The average molecular weight is 361 g/mol. The lowest BCUT2D eigenvalue weighted by molar-refractivity contribution is -0.130. The second-order valence-electron chi connectivity index (χ2n) is 6.06. The molecule has 2 N–H and O–H groups in total. The Hall–Kier alpha value is -2.24. The molecule has 5 nitrogen and oxygen atoms in total. The molecule has 25 heavy (non-hydrogen) atoms. The predicted molar refractivity (Wildman–Crippen MR) is 97.5 cm³/mol. The maximum absolute atomic E-state index is 12.4. The highest BCUT2D eigenvalue weighted by molar-refractivity contribution is 5.85. The van der Waals surface area contributed by atoms with Crippen LogP contribution in [0.2, 0.25) is 0 Å². The van der Waals surface area contributed by atoms with Crippen LogP contribution < -0.4 is 20.1 Å². The molecular formula is C19H21ClN2O3. The topological polar surface area (TPSA) is 59.6 Å². The van der Waals surface area contributed by atoms with Gasteiger partial charge in [0, 0.05) is 12.6 Å². The van der Waals surface area contributed by atoms with Crippen LogP contribution >= 0.6 is 12.4 Å². The van der Waals surface area contributed by atoms with Gasteiger partial charge in [-0.3, -0.25) is 4.79 Å². The summed E-state index contributed by atoms with van der Waals surface area (Å²) in [6.45, 7) is 1.70. The van der Waals surface area contributed by atoms with Crippen LogP contribution in [0, 0.1) is 0 Å². The second-order valence-corrected chi connectivity index (χ2v) is 6.06. The summed E-state index contributed by atoms with van der Waals surface area (Å²) in [4.78, 5) is 12.4. The maximum Gasteiger partial charge on any atom is 0.264 e. The van der Waals surface area contributed by atoms with Crippen molar-refractivity contribution in [1.29, 1.82) is 0 Å². The Balaban J connectivity index is 0.00000182. The van der Waals surface area contributed by atoms with Gasteiger partial charge >= 0.3 is 0 Å². The molecule has 1 amide bonds. The molecule has 0 saturated carbocycles. The first-order valence-corrected chi connectivity index (χ1v) is 8.28. The first-order chi connectivity index (χ1) is 11.8. The molecule has 4 rings (SSSR count). The van der Waals surface area contributed by atoms with Crippen molar-refractivity contribution < 1.29 is 14.3 Å². The summed E-state index contributed by atoms with van der Waals surface area (Å²) in [5, 5.41) is 6.45. The number of hydrogen-bond acceptors (Lipinski definition) is 4. The van der Waals surface area contributed by atoms with E-state index in [1.165, 1.54) is 11.1 Å². The molecule has 0 aliphatic carbocycles. The molecule has 2 aromatic carbocycles. The zero-order valence-corrected chi connectivity index (χ0v) is 14.6. The summed E-state index contributed by atoms with van der Waals surface area (Å²) in [6.07, 6.45) is 0.412. The lowest BCUT2D eigenvalue weighted by Gasteiger charge is -2.29. The fraction of sp³-hybridized carbons (Fsp3) is 0.316. The number of fused-ring (bicyclic) bond motifs is 2. The normalized spacial score (nSPS) is 20.8. The summed E-state index contributed by atoms with van der Waals surface area (Å²) >= 11 is 0. The van der Waals surface area contributed by atoms with Crippen LogP contribution in [0.15, 0.2) is 48.5 Å². The SMILES string of the molecule is Cl.O=C(NCC1NCCc2ccccc21)C1COc2ccccc2O1. The van der Waals surface area contributed by atoms with E-state index in [-0.39, 0.29) is 31.0 Å². The molecule has 2 heterocycles. The summed E-state index contributed by atoms with van der Waals surface area (Å²) < 4.78 is 11.3. The molecule has 132 valence electrons. The van der Waals surface area contributed by atoms with Crippen LogP contribution in [-0.4, -0.2) is 31.7 Å². The zero-order chi connectivity index (χ0) is 16.4. The number of para-hydroxylation sites is 2. The molecule has 6 heteroatoms. The summed E-state index contributed by atoms with van der Waals surface area (Å²) in [6, 6.07) is 15.9. The lowest BCUT2D eigenvalue weighted by atomic mass is 9.94. The number of carbonyl (C=O) groups is 1. The molecule has 0 saturated heterocycles. The first-order valence-electron chi connectivity index (χ1n) is 8.28. The quantitative estimate of drug-likeness (QED) is 0.881. The number of benzene rings is 2. The Morgan fingerprint density at radius 2 is 1.88 bits per heavy atom. The molecule has 2 aromatic rings. The molecule has 2 atom stereocenters. The van der Waals surface area contributed by atoms with Gasteiger partial charge in [0.1, 0.15) is 6.61 Å². The summed E-state index contributed by atoms with van der Waals surface area (Å²) in [7, 11) is 0. The number of amides is 1. The standard InChI is InChI=1S/C19H20N2O3.ClH/c22-19(18-12-23-16-7-3-4-8-17(16)24-18)21-11-15-14-6-2-1-5-13(14)9-10-20-15;/h1-8,15,18,20H,9-12H2,(H,21,22);1H. The van der Waals surface area contributed by atoms with E-state index in [4.69, 9.17) is 9.47 Å². The van der Waals surface area contributed by atoms with Gasteiger partial charge in [0.05, 0.1) is 0 Å². The predicted octanol–water partition coefficient (Wildman–Crippen LogP) is 2.25. The van der Waals surface area contributed by atoms with Crippen molar-refractivity contribution in [3.05, 3.63) is 59.7 Å². The van der Waals surface area contributed by atoms with Crippen molar-refractivity contribution in [2.75, 3.05) is 19.7 Å². The van der Waals surface area contributed by atoms with Crippen LogP contribution in [0.3, 0.4) is 0 Å². The van der Waals surface area contributed by atoms with E-state index in [1.807, 2.05) is 30.3 Å². The number of rotatable bonds is 3. The largest absolute Gasteiger partial charge is 0.485 e. The van der Waals surface area contributed by atoms with Gasteiger partial charge in [-0.15, -0.1) is 12.4 Å². The van der Waals surface area contributed by atoms with E-state index < -0.39 is 6.10 Å². The number of ether oxygens (including phenoxy) is 2. The van der Waals surface area contributed by atoms with Crippen LogP contribution in [0.25, 0.3) is 0 Å². The first kappa shape index (κ1) is 17.6. The van der Waals surface area contributed by atoms with E-state index in [0.29, 0.717) is 18.0 Å². The lowest BCUT2D eigenvalue weighted by Crippen LogP contribution is -2.47. The fourth-order valence-electron chi connectivity index (χ4n) is 3.24. The number of nitrogens with one attached hydrogen (secondary N) is 2. The van der Waals surface area contributed by atoms with Crippen LogP contribution in [0.1, 0.15) is 17.2 Å². The molecule has 0 bridgehead atoms. The Morgan fingerprint density at radius 3 is 2.76 bits per heavy atom. The molecule has 2 aliphatic heterocycles. The average Bonchev–Trinajstić information content (AvgIpc) is 2.65. The highest BCUT2D eigenvalue weighted by atomic mass is 35.5. The van der Waals surface area contributed by atoms with Gasteiger partial charge in [-0.25, -0.2) is 0 Å². The van der Waals surface area contributed by atoms with E-state index in [2.05, 4.69) is 28.8 Å².